The lowest BCUT2D eigenvalue weighted by molar-refractivity contribution is -0.131. The average Bonchev–Trinajstić information content (AvgIpc) is 3.51. The Morgan fingerprint density at radius 1 is 1.12 bits per heavy atom. The van der Waals surface area contributed by atoms with E-state index in [1.807, 2.05) is 23.1 Å². The molecule has 1 aliphatic rings. The molecule has 5 rings (SSSR count). The minimum Gasteiger partial charge on any atom is -0.350 e. The number of H-pyrrole nitrogens is 1. The van der Waals surface area contributed by atoms with Gasteiger partial charge in [0, 0.05) is 50.7 Å². The molecule has 0 spiro atoms. The minimum absolute atomic E-state index is 0.0575. The van der Waals surface area contributed by atoms with Crippen molar-refractivity contribution in [2.45, 2.75) is 19.4 Å². The van der Waals surface area contributed by atoms with Crippen molar-refractivity contribution in [2.24, 2.45) is 0 Å². The van der Waals surface area contributed by atoms with E-state index >= 15 is 0 Å². The van der Waals surface area contributed by atoms with Crippen LogP contribution in [0.25, 0.3) is 27.2 Å². The molecule has 8 nitrogen and oxygen atoms in total. The standard InChI is InChI=1S/C25H26N6O2/c1-29(2)25(33)23-15-21-19-8-4-3-7-18(19)20(14-22(21)27-23)17-6-5-11-30(16-17)24(32)9-12-31-13-10-26-28-31/h3-4,6-8,10,13-15,27H,5,9,11-12,16H2,1-2H3. The number of aryl methyl sites for hydroxylation is 1. The number of carbonyl (C=O) groups is 2. The number of hydrogen-bond donors (Lipinski definition) is 1. The fourth-order valence-electron chi connectivity index (χ4n) is 4.48. The maximum atomic E-state index is 12.9. The van der Waals surface area contributed by atoms with Crippen molar-refractivity contribution >= 4 is 39.1 Å². The minimum atomic E-state index is -0.0575. The van der Waals surface area contributed by atoms with Crippen LogP contribution in [0.3, 0.4) is 0 Å². The number of nitrogens with one attached hydrogen (secondary N) is 1. The normalized spacial score (nSPS) is 14.0. The molecule has 4 aromatic rings. The molecule has 0 unspecified atom stereocenters. The number of rotatable bonds is 5. The van der Waals surface area contributed by atoms with Crippen LogP contribution in [0.15, 0.2) is 54.9 Å². The Balaban J connectivity index is 1.47. The highest BCUT2D eigenvalue weighted by molar-refractivity contribution is 6.13. The largest absolute Gasteiger partial charge is 0.350 e. The molecule has 0 aliphatic carbocycles. The second-order valence-electron chi connectivity index (χ2n) is 8.56. The van der Waals surface area contributed by atoms with Crippen molar-refractivity contribution in [3.05, 3.63) is 66.1 Å². The lowest BCUT2D eigenvalue weighted by Crippen LogP contribution is -2.36. The summed E-state index contributed by atoms with van der Waals surface area (Å²) in [5, 5.41) is 11.0. The summed E-state index contributed by atoms with van der Waals surface area (Å²) in [7, 11) is 3.50. The maximum absolute atomic E-state index is 12.9. The number of amides is 2. The van der Waals surface area contributed by atoms with Gasteiger partial charge in [0.25, 0.3) is 5.91 Å². The van der Waals surface area contributed by atoms with Crippen molar-refractivity contribution in [3.63, 3.8) is 0 Å². The lowest BCUT2D eigenvalue weighted by atomic mass is 9.93. The zero-order valence-electron chi connectivity index (χ0n) is 18.8. The van der Waals surface area contributed by atoms with Gasteiger partial charge in [-0.15, -0.1) is 5.10 Å². The topological polar surface area (TPSA) is 87.1 Å². The first-order valence-corrected chi connectivity index (χ1v) is 11.1. The quantitative estimate of drug-likeness (QED) is 0.514. The highest BCUT2D eigenvalue weighted by atomic mass is 16.2. The second-order valence-corrected chi connectivity index (χ2v) is 8.56. The smallest absolute Gasteiger partial charge is 0.269 e. The van der Waals surface area contributed by atoms with Gasteiger partial charge in [0.1, 0.15) is 5.69 Å². The summed E-state index contributed by atoms with van der Waals surface area (Å²) in [5.74, 6) is 0.0538. The Bertz CT molecular complexity index is 1370. The van der Waals surface area contributed by atoms with Crippen LogP contribution in [0.2, 0.25) is 0 Å². The van der Waals surface area contributed by atoms with Crippen LogP contribution in [-0.4, -0.2) is 68.8 Å². The number of benzene rings is 2. The number of nitrogens with zero attached hydrogens (tertiary/aromatic N) is 5. The van der Waals surface area contributed by atoms with Crippen LogP contribution < -0.4 is 0 Å². The van der Waals surface area contributed by atoms with Crippen molar-refractivity contribution in [2.75, 3.05) is 27.2 Å². The van der Waals surface area contributed by atoms with Crippen molar-refractivity contribution in [3.8, 4) is 0 Å². The van der Waals surface area contributed by atoms with E-state index < -0.39 is 0 Å². The molecular formula is C25H26N6O2. The van der Waals surface area contributed by atoms with E-state index in [-0.39, 0.29) is 11.8 Å². The summed E-state index contributed by atoms with van der Waals surface area (Å²) in [6.45, 7) is 1.80. The molecule has 0 radical (unpaired) electrons. The molecule has 2 amide bonds. The molecule has 168 valence electrons. The van der Waals surface area contributed by atoms with E-state index in [0.717, 1.165) is 39.2 Å². The van der Waals surface area contributed by atoms with Crippen LogP contribution >= 0.6 is 0 Å². The van der Waals surface area contributed by atoms with Crippen LogP contribution in [0.4, 0.5) is 0 Å². The molecule has 0 saturated heterocycles. The van der Waals surface area contributed by atoms with E-state index in [2.05, 4.69) is 39.6 Å². The lowest BCUT2D eigenvalue weighted by Gasteiger charge is -2.28. The second kappa shape index (κ2) is 8.54. The number of hydrogen-bond acceptors (Lipinski definition) is 4. The fraction of sp³-hybridized carbons (Fsp3) is 0.280. The Labute approximate surface area is 191 Å². The number of aromatic amines is 1. The molecule has 0 saturated carbocycles. The summed E-state index contributed by atoms with van der Waals surface area (Å²) in [5.41, 5.74) is 3.71. The van der Waals surface area contributed by atoms with Gasteiger partial charge in [-0.3, -0.25) is 14.3 Å². The van der Waals surface area contributed by atoms with Gasteiger partial charge < -0.3 is 14.8 Å². The molecule has 0 fully saturated rings. The molecule has 0 atom stereocenters. The average molecular weight is 443 g/mol. The van der Waals surface area contributed by atoms with Crippen LogP contribution in [0, 0.1) is 0 Å². The zero-order valence-corrected chi connectivity index (χ0v) is 18.8. The first kappa shape index (κ1) is 20.9. The monoisotopic (exact) mass is 442 g/mol. The van der Waals surface area contributed by atoms with Gasteiger partial charge in [0.15, 0.2) is 0 Å². The van der Waals surface area contributed by atoms with E-state index in [4.69, 9.17) is 0 Å². The Hall–Kier alpha value is -3.94. The number of carbonyl (C=O) groups excluding carboxylic acids is 2. The summed E-state index contributed by atoms with van der Waals surface area (Å²) < 4.78 is 1.68. The number of aromatic nitrogens is 4. The predicted molar refractivity (Wildman–Crippen MR) is 128 cm³/mol. The van der Waals surface area contributed by atoms with Gasteiger partial charge in [-0.2, -0.15) is 0 Å². The third-order valence-electron chi connectivity index (χ3n) is 6.16. The van der Waals surface area contributed by atoms with E-state index in [1.165, 1.54) is 0 Å². The predicted octanol–water partition coefficient (Wildman–Crippen LogP) is 3.32. The van der Waals surface area contributed by atoms with Crippen molar-refractivity contribution in [1.29, 1.82) is 0 Å². The summed E-state index contributed by atoms with van der Waals surface area (Å²) in [4.78, 5) is 32.2. The SMILES string of the molecule is CN(C)C(=O)c1cc2c(cc(C3=CCCN(C(=O)CCn4ccnn4)C3)c3ccccc32)[nH]1. The van der Waals surface area contributed by atoms with Gasteiger partial charge in [0.2, 0.25) is 5.91 Å². The molecule has 3 heterocycles. The van der Waals surface area contributed by atoms with Crippen molar-refractivity contribution in [1.82, 2.24) is 29.8 Å². The number of fused-ring (bicyclic) bond motifs is 3. The van der Waals surface area contributed by atoms with E-state index in [0.29, 0.717) is 31.7 Å². The summed E-state index contributed by atoms with van der Waals surface area (Å²) in [6, 6.07) is 12.3. The third kappa shape index (κ3) is 4.00. The van der Waals surface area contributed by atoms with Gasteiger partial charge in [-0.05, 0) is 40.5 Å². The fourth-order valence-corrected chi connectivity index (χ4v) is 4.48. The molecule has 8 heteroatoms. The molecular weight excluding hydrogens is 416 g/mol. The van der Waals surface area contributed by atoms with Crippen LogP contribution in [0.5, 0.6) is 0 Å². The van der Waals surface area contributed by atoms with E-state index in [1.54, 1.807) is 36.1 Å². The van der Waals surface area contributed by atoms with Crippen LogP contribution in [-0.2, 0) is 11.3 Å². The zero-order chi connectivity index (χ0) is 22.9. The van der Waals surface area contributed by atoms with Crippen LogP contribution in [0.1, 0.15) is 28.9 Å². The molecule has 1 N–H and O–H groups in total. The Morgan fingerprint density at radius 3 is 2.70 bits per heavy atom. The van der Waals surface area contributed by atoms with Gasteiger partial charge in [-0.1, -0.05) is 35.6 Å². The third-order valence-corrected chi connectivity index (χ3v) is 6.16. The maximum Gasteiger partial charge on any atom is 0.269 e. The highest BCUT2D eigenvalue weighted by Crippen LogP contribution is 2.34. The summed E-state index contributed by atoms with van der Waals surface area (Å²) in [6.07, 6.45) is 6.81. The molecule has 2 aromatic heterocycles. The van der Waals surface area contributed by atoms with Gasteiger partial charge in [-0.25, -0.2) is 0 Å². The first-order valence-electron chi connectivity index (χ1n) is 11.1. The summed E-state index contributed by atoms with van der Waals surface area (Å²) >= 11 is 0. The molecule has 1 aliphatic heterocycles. The van der Waals surface area contributed by atoms with E-state index in [9.17, 15) is 9.59 Å². The first-order chi connectivity index (χ1) is 16.0. The molecule has 0 bridgehead atoms. The molecule has 2 aromatic carbocycles. The Morgan fingerprint density at radius 2 is 1.94 bits per heavy atom. The Kier molecular flexibility index (Phi) is 5.42. The highest BCUT2D eigenvalue weighted by Gasteiger charge is 2.22. The van der Waals surface area contributed by atoms with Gasteiger partial charge in [0.05, 0.1) is 12.7 Å². The van der Waals surface area contributed by atoms with Crippen molar-refractivity contribution < 1.29 is 9.59 Å². The van der Waals surface area contributed by atoms with Gasteiger partial charge >= 0.3 is 0 Å². The molecule has 33 heavy (non-hydrogen) atoms.